The van der Waals surface area contributed by atoms with Gasteiger partial charge in [-0.25, -0.2) is 4.39 Å². The highest BCUT2D eigenvalue weighted by atomic mass is 19.4. The Kier molecular flexibility index (Phi) is 3.93. The minimum Gasteiger partial charge on any atom is -0.403 e. The van der Waals surface area contributed by atoms with Gasteiger partial charge in [-0.15, -0.1) is 13.2 Å². The molecule has 1 aromatic rings. The maximum absolute atomic E-state index is 13.1. The Morgan fingerprint density at radius 1 is 1.41 bits per heavy atom. The van der Waals surface area contributed by atoms with Crippen LogP contribution in [0.4, 0.5) is 17.6 Å². The number of hydrogen-bond donors (Lipinski definition) is 1. The molecule has 1 rings (SSSR count). The molecule has 1 aromatic carbocycles. The molecule has 0 fully saturated rings. The first kappa shape index (κ1) is 13.3. The quantitative estimate of drug-likeness (QED) is 0.832. The van der Waals surface area contributed by atoms with Crippen LogP contribution in [-0.4, -0.2) is 12.3 Å². The Labute approximate surface area is 94.2 Å². The summed E-state index contributed by atoms with van der Waals surface area (Å²) in [6.45, 7) is 0. The topological polar surface area (TPSA) is 52.3 Å². The molecule has 17 heavy (non-hydrogen) atoms. The van der Waals surface area contributed by atoms with Crippen molar-refractivity contribution in [1.82, 2.24) is 0 Å². The Morgan fingerprint density at radius 3 is 2.53 bits per heavy atom. The number of alkyl halides is 3. The van der Waals surface area contributed by atoms with E-state index in [0.29, 0.717) is 0 Å². The van der Waals surface area contributed by atoms with E-state index < -0.39 is 23.8 Å². The number of benzene rings is 1. The fourth-order valence-electron chi connectivity index (χ4n) is 1.07. The number of carbonyl (C=O) groups excluding carboxylic acids is 1. The SMILES string of the molecule is NC(=O)C[CH]c1ccc(OC(F)(F)F)c(F)c1. The second-order valence-corrected chi connectivity index (χ2v) is 3.11. The average molecular weight is 250 g/mol. The van der Waals surface area contributed by atoms with Gasteiger partial charge in [0.2, 0.25) is 5.91 Å². The Balaban J connectivity index is 2.76. The average Bonchev–Trinajstić information content (AvgIpc) is 2.17. The van der Waals surface area contributed by atoms with Crippen molar-refractivity contribution in [3.05, 3.63) is 36.0 Å². The Hall–Kier alpha value is -1.79. The summed E-state index contributed by atoms with van der Waals surface area (Å²) in [6, 6.07) is 2.84. The fourth-order valence-corrected chi connectivity index (χ4v) is 1.07. The molecule has 1 radical (unpaired) electrons. The van der Waals surface area contributed by atoms with Crippen molar-refractivity contribution in [2.75, 3.05) is 0 Å². The molecule has 3 nitrogen and oxygen atoms in total. The third-order valence-electron chi connectivity index (χ3n) is 1.72. The first-order valence-electron chi connectivity index (χ1n) is 4.45. The summed E-state index contributed by atoms with van der Waals surface area (Å²) in [4.78, 5) is 10.4. The van der Waals surface area contributed by atoms with Gasteiger partial charge in [-0.2, -0.15) is 0 Å². The van der Waals surface area contributed by atoms with Crippen molar-refractivity contribution in [2.45, 2.75) is 12.8 Å². The normalized spacial score (nSPS) is 11.3. The summed E-state index contributed by atoms with van der Waals surface area (Å²) in [5.41, 5.74) is 5.10. The summed E-state index contributed by atoms with van der Waals surface area (Å²) in [5, 5.41) is 0. The smallest absolute Gasteiger partial charge is 0.403 e. The number of nitrogens with two attached hydrogens (primary N) is 1. The summed E-state index contributed by atoms with van der Waals surface area (Å²) in [6.07, 6.45) is -3.78. The molecule has 1 amide bonds. The van der Waals surface area contributed by atoms with Crippen molar-refractivity contribution in [3.63, 3.8) is 0 Å². The molecule has 7 heteroatoms. The van der Waals surface area contributed by atoms with Gasteiger partial charge >= 0.3 is 6.36 Å². The molecule has 0 heterocycles. The van der Waals surface area contributed by atoms with Crippen LogP contribution in [-0.2, 0) is 4.79 Å². The molecule has 0 spiro atoms. The first-order chi connectivity index (χ1) is 7.78. The number of halogens is 4. The monoisotopic (exact) mass is 250 g/mol. The molecule has 0 bridgehead atoms. The van der Waals surface area contributed by atoms with E-state index in [1.807, 2.05) is 0 Å². The van der Waals surface area contributed by atoms with Crippen LogP contribution in [0.2, 0.25) is 0 Å². The summed E-state index contributed by atoms with van der Waals surface area (Å²) < 4.78 is 52.0. The van der Waals surface area contributed by atoms with E-state index >= 15 is 0 Å². The number of hydrogen-bond acceptors (Lipinski definition) is 2. The van der Waals surface area contributed by atoms with Gasteiger partial charge in [0.25, 0.3) is 0 Å². The molecule has 0 aromatic heterocycles. The highest BCUT2D eigenvalue weighted by Gasteiger charge is 2.32. The molecule has 0 unspecified atom stereocenters. The van der Waals surface area contributed by atoms with Crippen LogP contribution >= 0.6 is 0 Å². The van der Waals surface area contributed by atoms with Crippen LogP contribution < -0.4 is 10.5 Å². The fraction of sp³-hybridized carbons (Fsp3) is 0.200. The third kappa shape index (κ3) is 4.71. The van der Waals surface area contributed by atoms with Gasteiger partial charge in [-0.05, 0) is 17.7 Å². The van der Waals surface area contributed by atoms with Crippen LogP contribution in [0, 0.1) is 12.2 Å². The summed E-state index contributed by atoms with van der Waals surface area (Å²) in [7, 11) is 0. The maximum Gasteiger partial charge on any atom is 0.573 e. The Morgan fingerprint density at radius 2 is 2.06 bits per heavy atom. The molecule has 0 saturated heterocycles. The van der Waals surface area contributed by atoms with Gasteiger partial charge in [0.15, 0.2) is 11.6 Å². The lowest BCUT2D eigenvalue weighted by Crippen LogP contribution is -2.18. The predicted octanol–water partition coefficient (Wildman–Crippen LogP) is 2.15. The minimum absolute atomic E-state index is 0.126. The standard InChI is InChI=1S/C10H8F4NO2/c11-7-5-6(2-4-9(15)16)1-3-8(7)17-10(12,13)14/h1-3,5H,4H2,(H2,15,16). The molecule has 93 valence electrons. The predicted molar refractivity (Wildman–Crippen MR) is 50.3 cm³/mol. The number of amides is 1. The largest absolute Gasteiger partial charge is 0.573 e. The van der Waals surface area contributed by atoms with Crippen molar-refractivity contribution in [3.8, 4) is 5.75 Å². The molecular weight excluding hydrogens is 242 g/mol. The lowest BCUT2D eigenvalue weighted by atomic mass is 10.1. The van der Waals surface area contributed by atoms with Crippen molar-refractivity contribution >= 4 is 5.91 Å². The lowest BCUT2D eigenvalue weighted by Gasteiger charge is -2.10. The molecule has 0 aliphatic heterocycles. The highest BCUT2D eigenvalue weighted by Crippen LogP contribution is 2.26. The van der Waals surface area contributed by atoms with Crippen molar-refractivity contribution < 1.29 is 27.1 Å². The van der Waals surface area contributed by atoms with Gasteiger partial charge in [0, 0.05) is 12.8 Å². The minimum atomic E-state index is -4.95. The number of carbonyl (C=O) groups is 1. The van der Waals surface area contributed by atoms with Crippen LogP contribution in [0.25, 0.3) is 0 Å². The number of primary amides is 1. The van der Waals surface area contributed by atoms with Gasteiger partial charge in [0.1, 0.15) is 0 Å². The van der Waals surface area contributed by atoms with Crippen molar-refractivity contribution in [2.24, 2.45) is 5.73 Å². The maximum atomic E-state index is 13.1. The van der Waals surface area contributed by atoms with E-state index in [2.05, 4.69) is 4.74 Å². The summed E-state index contributed by atoms with van der Waals surface area (Å²) >= 11 is 0. The second-order valence-electron chi connectivity index (χ2n) is 3.11. The second kappa shape index (κ2) is 5.03. The van der Waals surface area contributed by atoms with Crippen LogP contribution in [0.3, 0.4) is 0 Å². The van der Waals surface area contributed by atoms with Crippen LogP contribution in [0.1, 0.15) is 12.0 Å². The third-order valence-corrected chi connectivity index (χ3v) is 1.72. The molecule has 0 atom stereocenters. The van der Waals surface area contributed by atoms with Crippen molar-refractivity contribution in [1.29, 1.82) is 0 Å². The van der Waals surface area contributed by atoms with Gasteiger partial charge in [0.05, 0.1) is 0 Å². The number of rotatable bonds is 4. The number of ether oxygens (including phenoxy) is 1. The molecule has 0 aliphatic carbocycles. The van der Waals surface area contributed by atoms with E-state index in [1.165, 1.54) is 12.5 Å². The zero-order valence-corrected chi connectivity index (χ0v) is 8.42. The summed E-state index contributed by atoms with van der Waals surface area (Å²) in [5.74, 6) is -2.71. The van der Waals surface area contributed by atoms with Gasteiger partial charge in [-0.1, -0.05) is 6.07 Å². The molecule has 0 aliphatic rings. The molecular formula is C10H8F4NO2. The van der Waals surface area contributed by atoms with E-state index in [1.54, 1.807) is 0 Å². The van der Waals surface area contributed by atoms with E-state index in [9.17, 15) is 22.4 Å². The van der Waals surface area contributed by atoms with E-state index in [0.717, 1.165) is 12.1 Å². The zero-order valence-electron chi connectivity index (χ0n) is 8.42. The first-order valence-corrected chi connectivity index (χ1v) is 4.45. The molecule has 0 saturated carbocycles. The lowest BCUT2D eigenvalue weighted by molar-refractivity contribution is -0.275. The van der Waals surface area contributed by atoms with Crippen LogP contribution in [0.15, 0.2) is 18.2 Å². The van der Waals surface area contributed by atoms with Gasteiger partial charge in [-0.3, -0.25) is 4.79 Å². The van der Waals surface area contributed by atoms with Gasteiger partial charge < -0.3 is 10.5 Å². The molecule has 2 N–H and O–H groups in total. The zero-order chi connectivity index (χ0) is 13.1. The Bertz CT molecular complexity index is 417. The highest BCUT2D eigenvalue weighted by molar-refractivity contribution is 5.75. The van der Waals surface area contributed by atoms with Crippen LogP contribution in [0.5, 0.6) is 5.75 Å². The van der Waals surface area contributed by atoms with E-state index in [-0.39, 0.29) is 12.0 Å². The van der Waals surface area contributed by atoms with E-state index in [4.69, 9.17) is 5.73 Å².